The minimum Gasteiger partial charge on any atom is -0.481 e. The number of methoxy groups -OCH3 is 1. The van der Waals surface area contributed by atoms with Gasteiger partial charge in [-0.2, -0.15) is 0 Å². The zero-order valence-electron chi connectivity index (χ0n) is 27.7. The molecule has 3 aromatic heterocycles. The smallest absolute Gasteiger partial charge is 0.320 e. The summed E-state index contributed by atoms with van der Waals surface area (Å²) in [4.78, 5) is 47.0. The first-order valence-electron chi connectivity index (χ1n) is 16.1. The molecule has 0 radical (unpaired) electrons. The Morgan fingerprint density at radius 2 is 1.76 bits per heavy atom. The number of carboxylic acids is 1. The van der Waals surface area contributed by atoms with Crippen LogP contribution in [-0.4, -0.2) is 69.0 Å². The number of amides is 1. The van der Waals surface area contributed by atoms with Crippen molar-refractivity contribution in [1.29, 1.82) is 0 Å². The molecular formula is C37H36Cl2N6O5. The monoisotopic (exact) mass is 714 g/mol. The number of aromatic nitrogens is 3. The fourth-order valence-corrected chi connectivity index (χ4v) is 6.69. The Bertz CT molecular complexity index is 2160. The summed E-state index contributed by atoms with van der Waals surface area (Å²) in [7, 11) is 3.23. The van der Waals surface area contributed by atoms with Crippen molar-refractivity contribution in [1.82, 2.24) is 29.9 Å². The molecule has 2 aromatic carbocycles. The predicted octanol–water partition coefficient (Wildman–Crippen LogP) is 5.68. The van der Waals surface area contributed by atoms with Crippen LogP contribution in [0.25, 0.3) is 39.2 Å². The molecule has 0 saturated carbocycles. The molecule has 1 fully saturated rings. The molecule has 0 unspecified atom stereocenters. The van der Waals surface area contributed by atoms with Gasteiger partial charge < -0.3 is 20.5 Å². The molecule has 6 rings (SSSR count). The highest BCUT2D eigenvalue weighted by molar-refractivity contribution is 6.39. The quantitative estimate of drug-likeness (QED) is 0.149. The fraction of sp³-hybridized carbons (Fsp3) is 0.270. The van der Waals surface area contributed by atoms with Gasteiger partial charge in [-0.3, -0.25) is 23.7 Å². The maximum atomic E-state index is 13.2. The second kappa shape index (κ2) is 15.0. The molecule has 3 N–H and O–H groups in total. The summed E-state index contributed by atoms with van der Waals surface area (Å²) in [6.07, 6.45) is 4.51. The van der Waals surface area contributed by atoms with E-state index >= 15 is 0 Å². The van der Waals surface area contributed by atoms with Crippen molar-refractivity contribution in [3.05, 3.63) is 105 Å². The van der Waals surface area contributed by atoms with Crippen molar-refractivity contribution in [3.8, 4) is 39.4 Å². The Morgan fingerprint density at radius 3 is 2.44 bits per heavy atom. The lowest BCUT2D eigenvalue weighted by molar-refractivity contribution is -0.142. The van der Waals surface area contributed by atoms with Gasteiger partial charge in [-0.25, -0.2) is 9.97 Å². The summed E-state index contributed by atoms with van der Waals surface area (Å²) in [5, 5.41) is 16.6. The van der Waals surface area contributed by atoms with Gasteiger partial charge in [0.2, 0.25) is 11.8 Å². The van der Waals surface area contributed by atoms with E-state index < -0.39 is 12.0 Å². The van der Waals surface area contributed by atoms with E-state index in [0.29, 0.717) is 57.9 Å². The van der Waals surface area contributed by atoms with Crippen molar-refractivity contribution in [3.63, 3.8) is 0 Å². The van der Waals surface area contributed by atoms with Gasteiger partial charge in [-0.05, 0) is 44.2 Å². The first-order chi connectivity index (χ1) is 24.0. The maximum Gasteiger partial charge on any atom is 0.320 e. The van der Waals surface area contributed by atoms with E-state index in [9.17, 15) is 19.5 Å². The molecule has 0 spiro atoms. The lowest BCUT2D eigenvalue weighted by Gasteiger charge is -2.20. The van der Waals surface area contributed by atoms with E-state index in [1.165, 1.54) is 10.6 Å². The zero-order valence-corrected chi connectivity index (χ0v) is 29.3. The van der Waals surface area contributed by atoms with Gasteiger partial charge in [0, 0.05) is 72.3 Å². The number of nitrogens with one attached hydrogen (secondary N) is 2. The highest BCUT2D eigenvalue weighted by Crippen LogP contribution is 2.42. The molecule has 0 aliphatic carbocycles. The number of carbonyl (C=O) groups excluding carboxylic acids is 1. The molecule has 13 heteroatoms. The lowest BCUT2D eigenvalue weighted by atomic mass is 9.97. The summed E-state index contributed by atoms with van der Waals surface area (Å²) in [5.74, 6) is -0.409. The van der Waals surface area contributed by atoms with Crippen molar-refractivity contribution < 1.29 is 19.4 Å². The van der Waals surface area contributed by atoms with E-state index in [1.54, 1.807) is 44.3 Å². The van der Waals surface area contributed by atoms with Gasteiger partial charge in [-0.1, -0.05) is 65.7 Å². The van der Waals surface area contributed by atoms with Gasteiger partial charge in [-0.15, -0.1) is 0 Å². The number of benzene rings is 2. The Hall–Kier alpha value is -4.81. The molecule has 4 heterocycles. The summed E-state index contributed by atoms with van der Waals surface area (Å²) in [6, 6.07) is 18.2. The number of hydrogen-bond acceptors (Lipinski definition) is 8. The standard InChI is InChI=1S/C37H36Cl2N6O5/c1-21(37(48)49)44(2)20-24-18-41-31-16-22(14-15-45(31)36(24)47)26-6-4-7-27(33(26)38)28-8-5-9-29(34(28)39)30-12-10-23(35(43-30)50-3)17-40-19-25-11-13-32(46)42-25/h4-10,12,14-16,18,21,25,40H,11,13,17,19-20H2,1-3H3,(H,42,46)(H,48,49)/t21-,25-/m1/s1. The fourth-order valence-electron chi connectivity index (χ4n) is 6.03. The number of nitrogens with zero attached hydrogens (tertiary/aromatic N) is 4. The van der Waals surface area contributed by atoms with Crippen LogP contribution in [0.4, 0.5) is 0 Å². The molecule has 1 aliphatic rings. The largest absolute Gasteiger partial charge is 0.481 e. The van der Waals surface area contributed by atoms with Crippen LogP contribution < -0.4 is 20.9 Å². The van der Waals surface area contributed by atoms with Crippen LogP contribution >= 0.6 is 23.2 Å². The van der Waals surface area contributed by atoms with Crippen LogP contribution in [0.3, 0.4) is 0 Å². The number of hydrogen-bond donors (Lipinski definition) is 3. The third-order valence-electron chi connectivity index (χ3n) is 9.02. The van der Waals surface area contributed by atoms with E-state index in [2.05, 4.69) is 15.6 Å². The predicted molar refractivity (Wildman–Crippen MR) is 194 cm³/mol. The van der Waals surface area contributed by atoms with Gasteiger partial charge in [0.1, 0.15) is 11.7 Å². The molecule has 1 amide bonds. The van der Waals surface area contributed by atoms with Gasteiger partial charge in [0.15, 0.2) is 0 Å². The number of pyridine rings is 2. The van der Waals surface area contributed by atoms with E-state index in [0.717, 1.165) is 34.2 Å². The molecule has 2 atom stereocenters. The second-order valence-corrected chi connectivity index (χ2v) is 13.1. The SMILES string of the molecule is COc1nc(-c2cccc(-c3cccc(-c4ccn5c(=O)c(CN(C)[C@H](C)C(=O)O)cnc5c4)c3Cl)c2Cl)ccc1CNC[C@H]1CCC(=O)N1. The summed E-state index contributed by atoms with van der Waals surface area (Å²) < 4.78 is 7.07. The van der Waals surface area contributed by atoms with Gasteiger partial charge in [0.25, 0.3) is 5.56 Å². The van der Waals surface area contributed by atoms with Crippen molar-refractivity contribution in [2.75, 3.05) is 20.7 Å². The van der Waals surface area contributed by atoms with E-state index in [-0.39, 0.29) is 24.1 Å². The van der Waals surface area contributed by atoms with Crippen molar-refractivity contribution in [2.24, 2.45) is 0 Å². The highest BCUT2D eigenvalue weighted by Gasteiger charge is 2.22. The molecule has 1 aliphatic heterocycles. The van der Waals surface area contributed by atoms with Crippen LogP contribution in [0.1, 0.15) is 30.9 Å². The minimum atomic E-state index is -0.971. The third kappa shape index (κ3) is 7.22. The normalized spacial score (nSPS) is 15.0. The maximum absolute atomic E-state index is 13.2. The minimum absolute atomic E-state index is 0.0853. The number of aliphatic carboxylic acids is 1. The Morgan fingerprint density at radius 1 is 1.06 bits per heavy atom. The number of halogens is 2. The molecule has 0 bridgehead atoms. The Labute approximate surface area is 298 Å². The lowest BCUT2D eigenvalue weighted by Crippen LogP contribution is -2.37. The average molecular weight is 716 g/mol. The van der Waals surface area contributed by atoms with Crippen molar-refractivity contribution in [2.45, 2.75) is 44.9 Å². The molecule has 5 aromatic rings. The number of ether oxygens (including phenoxy) is 1. The molecule has 50 heavy (non-hydrogen) atoms. The third-order valence-corrected chi connectivity index (χ3v) is 9.83. The molecule has 1 saturated heterocycles. The highest BCUT2D eigenvalue weighted by atomic mass is 35.5. The zero-order chi connectivity index (χ0) is 35.5. The summed E-state index contributed by atoms with van der Waals surface area (Å²) in [5.41, 5.74) is 5.70. The Balaban J connectivity index is 1.26. The number of carboxylic acid groups (broad SMARTS) is 1. The molecular weight excluding hydrogens is 679 g/mol. The van der Waals surface area contributed by atoms with Crippen LogP contribution in [-0.2, 0) is 22.7 Å². The average Bonchev–Trinajstić information content (AvgIpc) is 3.53. The first kappa shape index (κ1) is 35.0. The number of fused-ring (bicyclic) bond motifs is 1. The molecule has 11 nitrogen and oxygen atoms in total. The van der Waals surface area contributed by atoms with E-state index in [1.807, 2.05) is 48.5 Å². The topological polar surface area (TPSA) is 138 Å². The summed E-state index contributed by atoms with van der Waals surface area (Å²) in [6.45, 7) is 2.90. The molecule has 258 valence electrons. The number of likely N-dealkylation sites (N-methyl/N-ethyl adjacent to an activating group) is 1. The number of rotatable bonds is 12. The first-order valence-corrected chi connectivity index (χ1v) is 16.9. The van der Waals surface area contributed by atoms with Crippen LogP contribution in [0.2, 0.25) is 10.0 Å². The van der Waals surface area contributed by atoms with Crippen LogP contribution in [0.15, 0.2) is 77.9 Å². The van der Waals surface area contributed by atoms with Gasteiger partial charge in [0.05, 0.1) is 28.4 Å². The van der Waals surface area contributed by atoms with Gasteiger partial charge >= 0.3 is 5.97 Å². The van der Waals surface area contributed by atoms with E-state index in [4.69, 9.17) is 32.9 Å². The summed E-state index contributed by atoms with van der Waals surface area (Å²) >= 11 is 14.1. The Kier molecular flexibility index (Phi) is 10.5. The number of carbonyl (C=O) groups is 2. The van der Waals surface area contributed by atoms with Crippen LogP contribution in [0, 0.1) is 0 Å². The second-order valence-electron chi connectivity index (χ2n) is 12.3. The van der Waals surface area contributed by atoms with Crippen molar-refractivity contribution >= 4 is 40.7 Å². The van der Waals surface area contributed by atoms with Crippen LogP contribution in [0.5, 0.6) is 5.88 Å².